The van der Waals surface area contributed by atoms with Crippen LogP contribution in [0.4, 0.5) is 11.4 Å². The summed E-state index contributed by atoms with van der Waals surface area (Å²) in [6, 6.07) is 12.0. The number of nitrogens with zero attached hydrogens (tertiary/aromatic N) is 4. The molecule has 0 unspecified atom stereocenters. The third-order valence-corrected chi connectivity index (χ3v) is 5.85. The van der Waals surface area contributed by atoms with Crippen molar-refractivity contribution in [2.75, 3.05) is 37.8 Å². The van der Waals surface area contributed by atoms with Crippen LogP contribution in [0, 0.1) is 0 Å². The lowest BCUT2D eigenvalue weighted by Gasteiger charge is -2.10. The summed E-state index contributed by atoms with van der Waals surface area (Å²) >= 11 is 0. The van der Waals surface area contributed by atoms with Gasteiger partial charge in [0, 0.05) is 38.1 Å². The lowest BCUT2D eigenvalue weighted by atomic mass is 10.1. The number of carbonyl (C=O) groups excluding carboxylic acids is 3. The van der Waals surface area contributed by atoms with Crippen molar-refractivity contribution < 1.29 is 18.8 Å². The number of imidazole rings is 1. The Morgan fingerprint density at radius 1 is 0.921 bits per heavy atom. The van der Waals surface area contributed by atoms with Crippen molar-refractivity contribution in [2.45, 2.75) is 6.42 Å². The lowest BCUT2D eigenvalue weighted by Crippen LogP contribution is -2.28. The third kappa shape index (κ3) is 6.37. The van der Waals surface area contributed by atoms with Gasteiger partial charge in [-0.25, -0.2) is 4.98 Å². The Kier molecular flexibility index (Phi) is 8.07. The van der Waals surface area contributed by atoms with Crippen LogP contribution >= 0.6 is 0 Å². The van der Waals surface area contributed by atoms with Crippen LogP contribution in [0.1, 0.15) is 38.0 Å². The van der Waals surface area contributed by atoms with Gasteiger partial charge in [-0.1, -0.05) is 12.1 Å². The molecule has 0 saturated heterocycles. The molecule has 4 aromatic rings. The minimum atomic E-state index is -0.444. The minimum absolute atomic E-state index is 0.114. The van der Waals surface area contributed by atoms with Crippen molar-refractivity contribution in [3.05, 3.63) is 78.3 Å². The molecule has 0 fully saturated rings. The number of benzene rings is 1. The molecular weight excluding hydrogens is 486 g/mol. The van der Waals surface area contributed by atoms with Gasteiger partial charge in [0.15, 0.2) is 5.76 Å². The zero-order chi connectivity index (χ0) is 27.2. The van der Waals surface area contributed by atoms with Gasteiger partial charge < -0.3 is 34.4 Å². The van der Waals surface area contributed by atoms with Gasteiger partial charge in [-0.2, -0.15) is 0 Å². The third-order valence-electron chi connectivity index (χ3n) is 5.85. The second-order valence-corrected chi connectivity index (χ2v) is 9.18. The molecule has 11 nitrogen and oxygen atoms in total. The first-order valence-electron chi connectivity index (χ1n) is 12.1. The largest absolute Gasteiger partial charge is 0.451 e. The van der Waals surface area contributed by atoms with Crippen molar-refractivity contribution in [1.29, 1.82) is 0 Å². The van der Waals surface area contributed by atoms with Crippen LogP contribution in [-0.2, 0) is 14.1 Å². The van der Waals surface area contributed by atoms with E-state index >= 15 is 0 Å². The van der Waals surface area contributed by atoms with E-state index in [9.17, 15) is 14.4 Å². The first kappa shape index (κ1) is 26.4. The van der Waals surface area contributed by atoms with E-state index in [1.165, 1.54) is 6.20 Å². The van der Waals surface area contributed by atoms with Gasteiger partial charge in [0.05, 0.1) is 18.2 Å². The SMILES string of the molecule is CN(C)CCCNC(=O)c1cc(NC(=O)c2ccc(-c3cccc(NC(=O)c4cncn4C)c3)o2)cn1C. The molecule has 0 aliphatic rings. The Bertz CT molecular complexity index is 1450. The first-order chi connectivity index (χ1) is 18.2. The number of amides is 3. The average molecular weight is 518 g/mol. The highest BCUT2D eigenvalue weighted by Gasteiger charge is 2.17. The van der Waals surface area contributed by atoms with Gasteiger partial charge in [-0.15, -0.1) is 0 Å². The van der Waals surface area contributed by atoms with Crippen LogP contribution in [0.15, 0.2) is 65.6 Å². The van der Waals surface area contributed by atoms with Gasteiger partial charge in [0.2, 0.25) is 0 Å². The Hall–Kier alpha value is -4.64. The molecule has 3 N–H and O–H groups in total. The van der Waals surface area contributed by atoms with Crippen LogP contribution in [-0.4, -0.2) is 63.9 Å². The number of hydrogen-bond acceptors (Lipinski definition) is 6. The van der Waals surface area contributed by atoms with Gasteiger partial charge in [0.1, 0.15) is 17.1 Å². The maximum atomic E-state index is 12.8. The molecule has 38 heavy (non-hydrogen) atoms. The Labute approximate surface area is 220 Å². The van der Waals surface area contributed by atoms with Crippen LogP contribution in [0.5, 0.6) is 0 Å². The van der Waals surface area contributed by atoms with Gasteiger partial charge in [-0.3, -0.25) is 14.4 Å². The van der Waals surface area contributed by atoms with E-state index in [1.807, 2.05) is 20.2 Å². The van der Waals surface area contributed by atoms with Crippen molar-refractivity contribution in [3.63, 3.8) is 0 Å². The molecule has 0 atom stereocenters. The van der Waals surface area contributed by atoms with Crippen LogP contribution in [0.25, 0.3) is 11.3 Å². The van der Waals surface area contributed by atoms with E-state index in [0.717, 1.165) is 13.0 Å². The Balaban J connectivity index is 1.38. The van der Waals surface area contributed by atoms with Crippen LogP contribution < -0.4 is 16.0 Å². The molecule has 3 heterocycles. The molecule has 0 aliphatic heterocycles. The van der Waals surface area contributed by atoms with Crippen molar-refractivity contribution >= 4 is 29.1 Å². The number of hydrogen-bond donors (Lipinski definition) is 3. The number of furan rings is 1. The molecule has 0 aliphatic carbocycles. The molecule has 0 saturated carbocycles. The van der Waals surface area contributed by atoms with E-state index in [4.69, 9.17) is 4.42 Å². The summed E-state index contributed by atoms with van der Waals surface area (Å²) in [5, 5.41) is 8.51. The second-order valence-electron chi connectivity index (χ2n) is 9.18. The quantitative estimate of drug-likeness (QED) is 0.277. The number of aryl methyl sites for hydroxylation is 2. The number of aromatic nitrogens is 3. The van der Waals surface area contributed by atoms with Gasteiger partial charge >= 0.3 is 0 Å². The molecule has 11 heteroatoms. The van der Waals surface area contributed by atoms with Crippen LogP contribution in [0.2, 0.25) is 0 Å². The zero-order valence-corrected chi connectivity index (χ0v) is 21.8. The van der Waals surface area contributed by atoms with E-state index < -0.39 is 5.91 Å². The molecule has 3 aromatic heterocycles. The fraction of sp³-hybridized carbons (Fsp3) is 0.259. The summed E-state index contributed by atoms with van der Waals surface area (Å²) in [7, 11) is 7.46. The number of nitrogens with one attached hydrogen (secondary N) is 3. The average Bonchev–Trinajstić information content (AvgIpc) is 3.62. The molecule has 1 aromatic carbocycles. The summed E-state index contributed by atoms with van der Waals surface area (Å²) in [4.78, 5) is 43.8. The number of anilines is 2. The van der Waals surface area contributed by atoms with E-state index in [-0.39, 0.29) is 17.6 Å². The predicted molar refractivity (Wildman–Crippen MR) is 144 cm³/mol. The van der Waals surface area contributed by atoms with Gasteiger partial charge in [-0.05, 0) is 57.4 Å². The molecule has 3 amide bonds. The monoisotopic (exact) mass is 517 g/mol. The van der Waals surface area contributed by atoms with E-state index in [1.54, 1.807) is 72.2 Å². The second kappa shape index (κ2) is 11.6. The normalized spacial score (nSPS) is 11.0. The molecule has 4 rings (SSSR count). The summed E-state index contributed by atoms with van der Waals surface area (Å²) in [6.45, 7) is 1.44. The summed E-state index contributed by atoms with van der Waals surface area (Å²) in [5.41, 5.74) is 2.62. The minimum Gasteiger partial charge on any atom is -0.451 e. The van der Waals surface area contributed by atoms with Gasteiger partial charge in [0.25, 0.3) is 17.7 Å². The standard InChI is InChI=1S/C27H31N7O4/c1-32(2)12-6-11-29-25(35)21-14-20(16-33(21)3)31-27(37)24-10-9-23(38-24)18-7-5-8-19(13-18)30-26(36)22-15-28-17-34(22)4/h5,7-10,13-17H,6,11-12H2,1-4H3,(H,29,35)(H,30,36)(H,31,37). The fourth-order valence-electron chi connectivity index (χ4n) is 3.88. The summed E-state index contributed by atoms with van der Waals surface area (Å²) < 4.78 is 9.09. The predicted octanol–water partition coefficient (Wildman–Crippen LogP) is 3.20. The lowest BCUT2D eigenvalue weighted by molar-refractivity contribution is 0.0942. The molecule has 0 radical (unpaired) electrons. The first-order valence-corrected chi connectivity index (χ1v) is 12.1. The topological polar surface area (TPSA) is 126 Å². The summed E-state index contributed by atoms with van der Waals surface area (Å²) in [5.74, 6) is -0.352. The van der Waals surface area contributed by atoms with Crippen molar-refractivity contribution in [1.82, 2.24) is 24.3 Å². The Morgan fingerprint density at radius 2 is 1.71 bits per heavy atom. The van der Waals surface area contributed by atoms with E-state index in [0.29, 0.717) is 40.6 Å². The van der Waals surface area contributed by atoms with E-state index in [2.05, 4.69) is 25.8 Å². The maximum Gasteiger partial charge on any atom is 0.291 e. The molecule has 0 spiro atoms. The number of carbonyl (C=O) groups is 3. The smallest absolute Gasteiger partial charge is 0.291 e. The molecular formula is C27H31N7O4. The van der Waals surface area contributed by atoms with Crippen molar-refractivity contribution in [2.24, 2.45) is 14.1 Å². The highest BCUT2D eigenvalue weighted by Crippen LogP contribution is 2.26. The fourth-order valence-corrected chi connectivity index (χ4v) is 3.88. The zero-order valence-electron chi connectivity index (χ0n) is 21.8. The Morgan fingerprint density at radius 3 is 2.45 bits per heavy atom. The van der Waals surface area contributed by atoms with Crippen LogP contribution in [0.3, 0.4) is 0 Å². The number of rotatable bonds is 10. The highest BCUT2D eigenvalue weighted by atomic mass is 16.3. The molecule has 198 valence electrons. The summed E-state index contributed by atoms with van der Waals surface area (Å²) in [6.07, 6.45) is 5.56. The van der Waals surface area contributed by atoms with Crippen molar-refractivity contribution in [3.8, 4) is 11.3 Å². The molecule has 0 bridgehead atoms. The highest BCUT2D eigenvalue weighted by molar-refractivity contribution is 6.04. The maximum absolute atomic E-state index is 12.8.